The monoisotopic (exact) mass is 262 g/mol. The molecule has 1 aromatic rings. The minimum Gasteiger partial charge on any atom is -0.472 e. The quantitative estimate of drug-likeness (QED) is 0.875. The van der Waals surface area contributed by atoms with Crippen LogP contribution in [0.15, 0.2) is 23.0 Å². The van der Waals surface area contributed by atoms with Gasteiger partial charge in [-0.25, -0.2) is 0 Å². The van der Waals surface area contributed by atoms with E-state index in [4.69, 9.17) is 4.42 Å². The lowest BCUT2D eigenvalue weighted by Crippen LogP contribution is -2.50. The van der Waals surface area contributed by atoms with Crippen molar-refractivity contribution in [2.24, 2.45) is 5.92 Å². The van der Waals surface area contributed by atoms with Gasteiger partial charge in [-0.15, -0.1) is 0 Å². The normalized spacial score (nSPS) is 32.3. The van der Waals surface area contributed by atoms with Gasteiger partial charge in [0.05, 0.1) is 12.5 Å². The third kappa shape index (κ3) is 3.40. The van der Waals surface area contributed by atoms with Gasteiger partial charge in [-0.05, 0) is 44.2 Å². The van der Waals surface area contributed by atoms with E-state index in [-0.39, 0.29) is 0 Å². The summed E-state index contributed by atoms with van der Waals surface area (Å²) in [5.74, 6) is 0.820. The summed E-state index contributed by atoms with van der Waals surface area (Å²) < 4.78 is 5.15. The molecular formula is C16H26N2O. The molecule has 2 N–H and O–H groups in total. The molecule has 0 aromatic carbocycles. The summed E-state index contributed by atoms with van der Waals surface area (Å²) >= 11 is 0. The van der Waals surface area contributed by atoms with E-state index in [1.807, 2.05) is 6.26 Å². The molecule has 2 heterocycles. The van der Waals surface area contributed by atoms with E-state index >= 15 is 0 Å². The van der Waals surface area contributed by atoms with Crippen molar-refractivity contribution >= 4 is 0 Å². The number of piperidine rings is 1. The van der Waals surface area contributed by atoms with Crippen molar-refractivity contribution in [2.45, 2.75) is 63.6 Å². The van der Waals surface area contributed by atoms with Crippen LogP contribution < -0.4 is 10.6 Å². The maximum atomic E-state index is 5.15. The molecule has 0 spiro atoms. The Bertz CT molecular complexity index is 357. The second kappa shape index (κ2) is 6.58. The van der Waals surface area contributed by atoms with Crippen LogP contribution in [0.4, 0.5) is 0 Å². The zero-order valence-corrected chi connectivity index (χ0v) is 11.7. The lowest BCUT2D eigenvalue weighted by Gasteiger charge is -2.40. The Kier molecular flexibility index (Phi) is 4.57. The van der Waals surface area contributed by atoms with Crippen LogP contribution in [0.2, 0.25) is 0 Å². The van der Waals surface area contributed by atoms with Gasteiger partial charge in [0.1, 0.15) is 0 Å². The Morgan fingerprint density at radius 2 is 2.05 bits per heavy atom. The maximum Gasteiger partial charge on any atom is 0.0947 e. The van der Waals surface area contributed by atoms with Crippen molar-refractivity contribution in [3.63, 3.8) is 0 Å². The standard InChI is InChI=1S/C16H26N2O/c1-2-6-16(18-11-13-8-10-19-12-13)14(5-1)15-7-3-4-9-17-15/h8,10,12,14-18H,1-7,9,11H2. The average molecular weight is 262 g/mol. The summed E-state index contributed by atoms with van der Waals surface area (Å²) in [5.41, 5.74) is 1.26. The minimum atomic E-state index is 0.680. The molecule has 1 aliphatic carbocycles. The Morgan fingerprint density at radius 1 is 1.16 bits per heavy atom. The minimum absolute atomic E-state index is 0.680. The molecule has 3 unspecified atom stereocenters. The van der Waals surface area contributed by atoms with Crippen LogP contribution in [-0.2, 0) is 6.54 Å². The molecule has 0 radical (unpaired) electrons. The smallest absolute Gasteiger partial charge is 0.0947 e. The predicted molar refractivity (Wildman–Crippen MR) is 76.9 cm³/mol. The zero-order valence-electron chi connectivity index (χ0n) is 11.7. The third-order valence-electron chi connectivity index (χ3n) is 4.83. The van der Waals surface area contributed by atoms with Gasteiger partial charge in [-0.1, -0.05) is 19.3 Å². The first-order valence-electron chi connectivity index (χ1n) is 7.91. The molecular weight excluding hydrogens is 236 g/mol. The van der Waals surface area contributed by atoms with Crippen molar-refractivity contribution in [2.75, 3.05) is 6.54 Å². The van der Waals surface area contributed by atoms with Crippen molar-refractivity contribution in [1.29, 1.82) is 0 Å². The Morgan fingerprint density at radius 3 is 2.84 bits per heavy atom. The largest absolute Gasteiger partial charge is 0.472 e. The van der Waals surface area contributed by atoms with Crippen LogP contribution in [-0.4, -0.2) is 18.6 Å². The molecule has 1 aromatic heterocycles. The highest BCUT2D eigenvalue weighted by Crippen LogP contribution is 2.30. The van der Waals surface area contributed by atoms with Crippen molar-refractivity contribution in [1.82, 2.24) is 10.6 Å². The summed E-state index contributed by atoms with van der Waals surface area (Å²) in [4.78, 5) is 0. The molecule has 1 saturated heterocycles. The highest BCUT2D eigenvalue weighted by Gasteiger charge is 2.32. The first kappa shape index (κ1) is 13.2. The molecule has 19 heavy (non-hydrogen) atoms. The van der Waals surface area contributed by atoms with Crippen LogP contribution in [0.5, 0.6) is 0 Å². The van der Waals surface area contributed by atoms with E-state index in [1.54, 1.807) is 6.26 Å². The summed E-state index contributed by atoms with van der Waals surface area (Å²) in [6.07, 6.45) is 13.3. The fourth-order valence-electron chi connectivity index (χ4n) is 3.78. The van der Waals surface area contributed by atoms with Crippen LogP contribution in [0.25, 0.3) is 0 Å². The number of rotatable bonds is 4. The number of nitrogens with one attached hydrogen (secondary N) is 2. The summed E-state index contributed by atoms with van der Waals surface area (Å²) in [7, 11) is 0. The van der Waals surface area contributed by atoms with Crippen LogP contribution >= 0.6 is 0 Å². The molecule has 3 rings (SSSR count). The SMILES string of the molecule is c1cc(CNC2CCCCC2C2CCCCN2)co1. The molecule has 106 valence electrons. The molecule has 3 nitrogen and oxygen atoms in total. The van der Waals surface area contributed by atoms with Gasteiger partial charge < -0.3 is 15.1 Å². The van der Waals surface area contributed by atoms with Crippen molar-refractivity contribution in [3.05, 3.63) is 24.2 Å². The van der Waals surface area contributed by atoms with E-state index < -0.39 is 0 Å². The Balaban J connectivity index is 1.56. The van der Waals surface area contributed by atoms with Gasteiger partial charge in [-0.2, -0.15) is 0 Å². The van der Waals surface area contributed by atoms with Gasteiger partial charge in [-0.3, -0.25) is 0 Å². The summed E-state index contributed by atoms with van der Waals surface area (Å²) in [6.45, 7) is 2.17. The van der Waals surface area contributed by atoms with Crippen LogP contribution in [0, 0.1) is 5.92 Å². The molecule has 1 aliphatic heterocycles. The zero-order chi connectivity index (χ0) is 12.9. The average Bonchev–Trinajstić information content (AvgIpc) is 3.00. The fourth-order valence-corrected chi connectivity index (χ4v) is 3.78. The van der Waals surface area contributed by atoms with Gasteiger partial charge in [0.25, 0.3) is 0 Å². The van der Waals surface area contributed by atoms with Crippen molar-refractivity contribution < 1.29 is 4.42 Å². The lowest BCUT2D eigenvalue weighted by atomic mass is 9.77. The van der Waals surface area contributed by atoms with E-state index in [0.717, 1.165) is 18.5 Å². The van der Waals surface area contributed by atoms with E-state index in [0.29, 0.717) is 6.04 Å². The maximum absolute atomic E-state index is 5.15. The van der Waals surface area contributed by atoms with Crippen molar-refractivity contribution in [3.8, 4) is 0 Å². The molecule has 1 saturated carbocycles. The summed E-state index contributed by atoms with van der Waals surface area (Å²) in [6, 6.07) is 3.49. The number of hydrogen-bond acceptors (Lipinski definition) is 3. The van der Waals surface area contributed by atoms with Gasteiger partial charge in [0, 0.05) is 24.2 Å². The van der Waals surface area contributed by atoms with Gasteiger partial charge in [0.2, 0.25) is 0 Å². The van der Waals surface area contributed by atoms with Gasteiger partial charge >= 0.3 is 0 Å². The van der Waals surface area contributed by atoms with E-state index in [1.165, 1.54) is 57.1 Å². The second-order valence-electron chi connectivity index (χ2n) is 6.12. The Labute approximate surface area is 116 Å². The summed E-state index contributed by atoms with van der Waals surface area (Å²) in [5, 5.41) is 7.52. The highest BCUT2D eigenvalue weighted by molar-refractivity contribution is 5.05. The van der Waals surface area contributed by atoms with Crippen LogP contribution in [0.3, 0.4) is 0 Å². The molecule has 3 heteroatoms. The van der Waals surface area contributed by atoms with E-state index in [9.17, 15) is 0 Å². The van der Waals surface area contributed by atoms with E-state index in [2.05, 4.69) is 16.7 Å². The van der Waals surface area contributed by atoms with Gasteiger partial charge in [0.15, 0.2) is 0 Å². The third-order valence-corrected chi connectivity index (χ3v) is 4.83. The highest BCUT2D eigenvalue weighted by atomic mass is 16.3. The molecule has 3 atom stereocenters. The topological polar surface area (TPSA) is 37.2 Å². The van der Waals surface area contributed by atoms with Crippen LogP contribution in [0.1, 0.15) is 50.5 Å². The first-order chi connectivity index (χ1) is 9.43. The second-order valence-corrected chi connectivity index (χ2v) is 6.12. The number of hydrogen-bond donors (Lipinski definition) is 2. The lowest BCUT2D eigenvalue weighted by molar-refractivity contribution is 0.181. The molecule has 2 fully saturated rings. The molecule has 0 bridgehead atoms. The fraction of sp³-hybridized carbons (Fsp3) is 0.750. The molecule has 2 aliphatic rings. The first-order valence-corrected chi connectivity index (χ1v) is 7.91. The predicted octanol–water partition coefficient (Wildman–Crippen LogP) is 3.07. The number of furan rings is 1. The Hall–Kier alpha value is -0.800. The molecule has 0 amide bonds.